The Kier molecular flexibility index (Phi) is 8.07. The number of carbonyl (C=O) groups excluding carboxylic acids is 1. The Labute approximate surface area is 182 Å². The van der Waals surface area contributed by atoms with Crippen LogP contribution in [0.25, 0.3) is 0 Å². The van der Waals surface area contributed by atoms with Gasteiger partial charge in [0.1, 0.15) is 0 Å². The zero-order chi connectivity index (χ0) is 21.3. The van der Waals surface area contributed by atoms with E-state index in [2.05, 4.69) is 26.4 Å². The summed E-state index contributed by atoms with van der Waals surface area (Å²) in [6.45, 7) is 4.57. The van der Waals surface area contributed by atoms with Crippen molar-refractivity contribution in [1.29, 1.82) is 0 Å². The summed E-state index contributed by atoms with van der Waals surface area (Å²) in [6.07, 6.45) is 1.56. The molecular weight excluding hydrogens is 404 g/mol. The molecule has 1 heterocycles. The maximum absolute atomic E-state index is 12.2. The highest BCUT2D eigenvalue weighted by molar-refractivity contribution is 6.31. The van der Waals surface area contributed by atoms with E-state index in [1.807, 2.05) is 30.3 Å². The molecule has 1 N–H and O–H groups in total. The summed E-state index contributed by atoms with van der Waals surface area (Å²) < 4.78 is 10.6. The highest BCUT2D eigenvalue weighted by Gasteiger charge is 2.19. The number of piperazine rings is 1. The Balaban J connectivity index is 1.44. The molecule has 30 heavy (non-hydrogen) atoms. The second kappa shape index (κ2) is 11.0. The third-order valence-electron chi connectivity index (χ3n) is 5.01. The van der Waals surface area contributed by atoms with Crippen LogP contribution in [0.2, 0.25) is 5.02 Å². The van der Waals surface area contributed by atoms with Gasteiger partial charge in [-0.15, -0.1) is 0 Å². The molecule has 0 aliphatic carbocycles. The number of amides is 1. The van der Waals surface area contributed by atoms with Gasteiger partial charge in [-0.1, -0.05) is 35.9 Å². The van der Waals surface area contributed by atoms with E-state index in [0.29, 0.717) is 18.0 Å². The van der Waals surface area contributed by atoms with Crippen LogP contribution < -0.4 is 14.9 Å². The summed E-state index contributed by atoms with van der Waals surface area (Å²) in [5.41, 5.74) is 4.45. The van der Waals surface area contributed by atoms with Gasteiger partial charge in [-0.25, -0.2) is 5.43 Å². The number of nitrogens with zero attached hydrogens (tertiary/aromatic N) is 3. The number of methoxy groups -OCH3 is 2. The fourth-order valence-corrected chi connectivity index (χ4v) is 3.59. The van der Waals surface area contributed by atoms with Crippen molar-refractivity contribution in [3.8, 4) is 11.5 Å². The smallest absolute Gasteiger partial charge is 0.254 e. The number of ether oxygens (including phenoxy) is 2. The zero-order valence-corrected chi connectivity index (χ0v) is 18.1. The minimum atomic E-state index is -0.146. The highest BCUT2D eigenvalue weighted by atomic mass is 35.5. The fraction of sp³-hybridized carbons (Fsp3) is 0.364. The number of hydrogen-bond acceptors (Lipinski definition) is 6. The molecule has 160 valence electrons. The Morgan fingerprint density at radius 3 is 2.50 bits per heavy atom. The molecule has 3 rings (SSSR count). The normalized spacial score (nSPS) is 15.3. The number of halogens is 1. The van der Waals surface area contributed by atoms with Gasteiger partial charge in [0, 0.05) is 43.3 Å². The summed E-state index contributed by atoms with van der Waals surface area (Å²) in [6, 6.07) is 13.4. The topological polar surface area (TPSA) is 66.4 Å². The van der Waals surface area contributed by atoms with E-state index in [1.165, 1.54) is 0 Å². The lowest BCUT2D eigenvalue weighted by molar-refractivity contribution is -0.122. The first-order chi connectivity index (χ1) is 14.6. The van der Waals surface area contributed by atoms with Crippen molar-refractivity contribution in [3.05, 3.63) is 58.6 Å². The van der Waals surface area contributed by atoms with Crippen LogP contribution in [0.3, 0.4) is 0 Å². The van der Waals surface area contributed by atoms with Crippen molar-refractivity contribution in [3.63, 3.8) is 0 Å². The molecule has 1 aliphatic heterocycles. The summed E-state index contributed by atoms with van der Waals surface area (Å²) in [4.78, 5) is 16.7. The first kappa shape index (κ1) is 22.1. The molecule has 0 atom stereocenters. The van der Waals surface area contributed by atoms with Gasteiger partial charge < -0.3 is 9.47 Å². The van der Waals surface area contributed by atoms with Crippen LogP contribution >= 0.6 is 11.6 Å². The molecule has 0 saturated carbocycles. The minimum Gasteiger partial charge on any atom is -0.493 e. The monoisotopic (exact) mass is 430 g/mol. The van der Waals surface area contributed by atoms with Crippen LogP contribution in [0.4, 0.5) is 0 Å². The number of para-hydroxylation sites is 1. The van der Waals surface area contributed by atoms with E-state index in [-0.39, 0.29) is 5.91 Å². The number of hydrogen-bond donors (Lipinski definition) is 1. The second-order valence-corrected chi connectivity index (χ2v) is 7.43. The van der Waals surface area contributed by atoms with Gasteiger partial charge in [-0.3, -0.25) is 14.6 Å². The first-order valence-corrected chi connectivity index (χ1v) is 10.2. The zero-order valence-electron chi connectivity index (χ0n) is 17.3. The van der Waals surface area contributed by atoms with Gasteiger partial charge in [0.2, 0.25) is 0 Å². The van der Waals surface area contributed by atoms with Crippen LogP contribution in [0, 0.1) is 0 Å². The van der Waals surface area contributed by atoms with Crippen LogP contribution in [0.15, 0.2) is 47.6 Å². The molecule has 1 saturated heterocycles. The van der Waals surface area contributed by atoms with Crippen LogP contribution in [-0.4, -0.2) is 68.9 Å². The van der Waals surface area contributed by atoms with Gasteiger partial charge in [-0.2, -0.15) is 5.10 Å². The molecule has 0 spiro atoms. The molecule has 8 heteroatoms. The molecule has 1 amide bonds. The van der Waals surface area contributed by atoms with Gasteiger partial charge in [-0.05, 0) is 23.8 Å². The first-order valence-electron chi connectivity index (χ1n) is 9.81. The molecule has 1 aliphatic rings. The number of carbonyl (C=O) groups is 1. The van der Waals surface area contributed by atoms with E-state index < -0.39 is 0 Å². The molecular formula is C22H27ClN4O3. The largest absolute Gasteiger partial charge is 0.493 e. The maximum Gasteiger partial charge on any atom is 0.254 e. The van der Waals surface area contributed by atoms with E-state index in [0.717, 1.165) is 48.9 Å². The summed E-state index contributed by atoms with van der Waals surface area (Å²) in [7, 11) is 3.15. The third kappa shape index (κ3) is 5.95. The lowest BCUT2D eigenvalue weighted by Crippen LogP contribution is -2.48. The predicted molar refractivity (Wildman–Crippen MR) is 118 cm³/mol. The Morgan fingerprint density at radius 1 is 1.07 bits per heavy atom. The second-order valence-electron chi connectivity index (χ2n) is 7.02. The summed E-state index contributed by atoms with van der Waals surface area (Å²) in [5.74, 6) is 1.04. The van der Waals surface area contributed by atoms with Crippen LogP contribution in [0.1, 0.15) is 11.1 Å². The van der Waals surface area contributed by atoms with E-state index in [9.17, 15) is 4.79 Å². The lowest BCUT2D eigenvalue weighted by atomic mass is 10.2. The molecule has 0 radical (unpaired) electrons. The summed E-state index contributed by atoms with van der Waals surface area (Å²) in [5, 5.41) is 4.86. The highest BCUT2D eigenvalue weighted by Crippen LogP contribution is 2.29. The molecule has 2 aromatic rings. The number of benzene rings is 2. The standard InChI is InChI=1S/C22H27ClN4O3/c1-29-20-9-5-7-17(22(20)30-2)14-24-25-21(28)16-27-12-10-26(11-13-27)15-18-6-3-4-8-19(18)23/h3-9,14H,10-13,15-16H2,1-2H3,(H,25,28)/b24-14-. The van der Waals surface area contributed by atoms with Crippen molar-refractivity contribution in [2.75, 3.05) is 46.9 Å². The maximum atomic E-state index is 12.2. The van der Waals surface area contributed by atoms with E-state index in [1.54, 1.807) is 26.5 Å². The molecule has 0 bridgehead atoms. The van der Waals surface area contributed by atoms with Gasteiger partial charge in [0.25, 0.3) is 5.91 Å². The quantitative estimate of drug-likeness (QED) is 0.515. The Morgan fingerprint density at radius 2 is 1.80 bits per heavy atom. The van der Waals surface area contributed by atoms with Gasteiger partial charge in [0.05, 0.1) is 27.0 Å². The number of nitrogens with one attached hydrogen (secondary N) is 1. The average Bonchev–Trinajstić information content (AvgIpc) is 2.76. The van der Waals surface area contributed by atoms with Crippen molar-refractivity contribution in [2.45, 2.75) is 6.54 Å². The SMILES string of the molecule is COc1cccc(/C=N\NC(=O)CN2CCN(Cc3ccccc3Cl)CC2)c1OC. The minimum absolute atomic E-state index is 0.146. The van der Waals surface area contributed by atoms with Gasteiger partial charge >= 0.3 is 0 Å². The Hall–Kier alpha value is -2.61. The third-order valence-corrected chi connectivity index (χ3v) is 5.38. The van der Waals surface area contributed by atoms with Crippen molar-refractivity contribution < 1.29 is 14.3 Å². The molecule has 0 aromatic heterocycles. The lowest BCUT2D eigenvalue weighted by Gasteiger charge is -2.34. The predicted octanol–water partition coefficient (Wildman–Crippen LogP) is 2.63. The average molecular weight is 431 g/mol. The number of rotatable bonds is 8. The fourth-order valence-electron chi connectivity index (χ4n) is 3.40. The van der Waals surface area contributed by atoms with Gasteiger partial charge in [0.15, 0.2) is 11.5 Å². The van der Waals surface area contributed by atoms with Crippen molar-refractivity contribution >= 4 is 23.7 Å². The van der Waals surface area contributed by atoms with Crippen LogP contribution in [-0.2, 0) is 11.3 Å². The van der Waals surface area contributed by atoms with E-state index in [4.69, 9.17) is 21.1 Å². The molecule has 7 nitrogen and oxygen atoms in total. The molecule has 1 fully saturated rings. The summed E-state index contributed by atoms with van der Waals surface area (Å²) >= 11 is 6.25. The van der Waals surface area contributed by atoms with Crippen molar-refractivity contribution in [2.24, 2.45) is 5.10 Å². The number of hydrazone groups is 1. The van der Waals surface area contributed by atoms with Crippen LogP contribution in [0.5, 0.6) is 11.5 Å². The Bertz CT molecular complexity index is 882. The van der Waals surface area contributed by atoms with E-state index >= 15 is 0 Å². The van der Waals surface area contributed by atoms with Crippen molar-refractivity contribution in [1.82, 2.24) is 15.2 Å². The molecule has 2 aromatic carbocycles. The molecule has 0 unspecified atom stereocenters.